The number of halogens is 3. The van der Waals surface area contributed by atoms with Crippen molar-refractivity contribution in [2.75, 3.05) is 18.5 Å². The Morgan fingerprint density at radius 1 is 0.947 bits per heavy atom. The minimum Gasteiger partial charge on any atom is -0.489 e. The normalized spacial score (nSPS) is 10.3. The Bertz CT molecular complexity index is 543. The van der Waals surface area contributed by atoms with Crippen molar-refractivity contribution in [1.82, 2.24) is 0 Å². The van der Waals surface area contributed by atoms with E-state index in [1.807, 2.05) is 0 Å². The first-order valence-electron chi connectivity index (χ1n) is 5.73. The molecule has 0 saturated carbocycles. The van der Waals surface area contributed by atoms with E-state index in [4.69, 9.17) is 4.74 Å². The van der Waals surface area contributed by atoms with Crippen LogP contribution in [0.1, 0.15) is 0 Å². The van der Waals surface area contributed by atoms with Crippen LogP contribution in [-0.2, 0) is 0 Å². The van der Waals surface area contributed by atoms with Crippen molar-refractivity contribution in [2.45, 2.75) is 0 Å². The fourth-order valence-electron chi connectivity index (χ4n) is 1.52. The van der Waals surface area contributed by atoms with Crippen LogP contribution in [0.15, 0.2) is 42.5 Å². The maximum atomic E-state index is 13.2. The van der Waals surface area contributed by atoms with Crippen molar-refractivity contribution in [1.29, 1.82) is 0 Å². The second-order valence-electron chi connectivity index (χ2n) is 3.83. The summed E-state index contributed by atoms with van der Waals surface area (Å²) in [6.07, 6.45) is 0. The third-order valence-electron chi connectivity index (χ3n) is 2.45. The molecular weight excluding hydrogens is 255 g/mol. The second kappa shape index (κ2) is 6.13. The van der Waals surface area contributed by atoms with Crippen LogP contribution in [-0.4, -0.2) is 13.2 Å². The van der Waals surface area contributed by atoms with Crippen molar-refractivity contribution in [2.24, 2.45) is 0 Å². The molecule has 5 heteroatoms. The minimum atomic E-state index is -0.996. The summed E-state index contributed by atoms with van der Waals surface area (Å²) in [5.41, 5.74) is 0.727. The predicted octanol–water partition coefficient (Wildman–Crippen LogP) is 3.59. The van der Waals surface area contributed by atoms with Gasteiger partial charge in [-0.3, -0.25) is 0 Å². The topological polar surface area (TPSA) is 21.3 Å². The number of nitrogens with one attached hydrogen (secondary N) is 1. The molecule has 0 aliphatic heterocycles. The van der Waals surface area contributed by atoms with Gasteiger partial charge in [0.05, 0.1) is 0 Å². The Morgan fingerprint density at radius 3 is 2.42 bits per heavy atom. The van der Waals surface area contributed by atoms with E-state index in [-0.39, 0.29) is 18.2 Å². The molecule has 0 aromatic heterocycles. The monoisotopic (exact) mass is 267 g/mol. The minimum absolute atomic E-state index is 0.124. The lowest BCUT2D eigenvalue weighted by atomic mass is 10.3. The number of hydrogen-bond donors (Lipinski definition) is 1. The number of rotatable bonds is 5. The molecule has 0 amide bonds. The van der Waals surface area contributed by atoms with Gasteiger partial charge < -0.3 is 10.1 Å². The summed E-state index contributed by atoms with van der Waals surface area (Å²) in [7, 11) is 0. The van der Waals surface area contributed by atoms with E-state index in [1.165, 1.54) is 24.3 Å². The van der Waals surface area contributed by atoms with Crippen molar-refractivity contribution in [3.05, 3.63) is 59.9 Å². The summed E-state index contributed by atoms with van der Waals surface area (Å²) >= 11 is 0. The largest absolute Gasteiger partial charge is 0.489 e. The van der Waals surface area contributed by atoms with Gasteiger partial charge in [-0.1, -0.05) is 6.07 Å². The highest BCUT2D eigenvalue weighted by Gasteiger charge is 2.07. The molecular formula is C14H12F3NO. The van der Waals surface area contributed by atoms with Gasteiger partial charge in [-0.2, -0.15) is 4.39 Å². The lowest BCUT2D eigenvalue weighted by molar-refractivity contribution is 0.308. The molecule has 19 heavy (non-hydrogen) atoms. The van der Waals surface area contributed by atoms with E-state index in [0.717, 1.165) is 11.8 Å². The van der Waals surface area contributed by atoms with Crippen LogP contribution >= 0.6 is 0 Å². The van der Waals surface area contributed by atoms with Crippen molar-refractivity contribution in [3.63, 3.8) is 0 Å². The van der Waals surface area contributed by atoms with E-state index in [9.17, 15) is 13.2 Å². The quantitative estimate of drug-likeness (QED) is 0.836. The first-order valence-corrected chi connectivity index (χ1v) is 5.73. The zero-order chi connectivity index (χ0) is 13.7. The molecule has 0 fully saturated rings. The first-order chi connectivity index (χ1) is 9.16. The third kappa shape index (κ3) is 3.64. The average molecular weight is 267 g/mol. The zero-order valence-corrected chi connectivity index (χ0v) is 10.00. The summed E-state index contributed by atoms with van der Waals surface area (Å²) in [6, 6.07) is 9.58. The van der Waals surface area contributed by atoms with Gasteiger partial charge in [-0.25, -0.2) is 8.78 Å². The predicted molar refractivity (Wildman–Crippen MR) is 66.7 cm³/mol. The van der Waals surface area contributed by atoms with E-state index >= 15 is 0 Å². The summed E-state index contributed by atoms with van der Waals surface area (Å²) in [5.74, 6) is -2.38. The van der Waals surface area contributed by atoms with Gasteiger partial charge >= 0.3 is 0 Å². The summed E-state index contributed by atoms with van der Waals surface area (Å²) in [5, 5.41) is 2.97. The molecule has 0 atom stereocenters. The molecule has 2 nitrogen and oxygen atoms in total. The van der Waals surface area contributed by atoms with Gasteiger partial charge in [0.15, 0.2) is 11.6 Å². The smallest absolute Gasteiger partial charge is 0.200 e. The number of hydrogen-bond acceptors (Lipinski definition) is 2. The van der Waals surface area contributed by atoms with Crippen LogP contribution in [0.3, 0.4) is 0 Å². The van der Waals surface area contributed by atoms with Crippen LogP contribution in [0.5, 0.6) is 5.75 Å². The SMILES string of the molecule is Fc1ccc(NCCOc2cccc(F)c2F)cc1. The summed E-state index contributed by atoms with van der Waals surface area (Å²) in [6.45, 7) is 0.555. The Balaban J connectivity index is 1.81. The molecule has 0 bridgehead atoms. The Kier molecular flexibility index (Phi) is 4.28. The molecule has 0 spiro atoms. The first kappa shape index (κ1) is 13.3. The van der Waals surface area contributed by atoms with Crippen molar-refractivity contribution >= 4 is 5.69 Å². The fraction of sp³-hybridized carbons (Fsp3) is 0.143. The second-order valence-corrected chi connectivity index (χ2v) is 3.83. The van der Waals surface area contributed by atoms with E-state index in [0.29, 0.717) is 6.54 Å². The van der Waals surface area contributed by atoms with Gasteiger partial charge in [-0.05, 0) is 36.4 Å². The van der Waals surface area contributed by atoms with Crippen LogP contribution in [0.2, 0.25) is 0 Å². The number of ether oxygens (including phenoxy) is 1. The maximum absolute atomic E-state index is 13.2. The highest BCUT2D eigenvalue weighted by atomic mass is 19.2. The highest BCUT2D eigenvalue weighted by Crippen LogP contribution is 2.18. The standard InChI is InChI=1S/C14H12F3NO/c15-10-4-6-11(7-5-10)18-8-9-19-13-3-1-2-12(16)14(13)17/h1-7,18H,8-9H2. The van der Waals surface area contributed by atoms with E-state index < -0.39 is 11.6 Å². The molecule has 0 aliphatic carbocycles. The van der Waals surface area contributed by atoms with Gasteiger partial charge in [0.25, 0.3) is 0 Å². The molecule has 1 N–H and O–H groups in total. The molecule has 2 aromatic carbocycles. The molecule has 2 aromatic rings. The summed E-state index contributed by atoms with van der Waals surface area (Å²) < 4.78 is 43.9. The highest BCUT2D eigenvalue weighted by molar-refractivity contribution is 5.42. The van der Waals surface area contributed by atoms with Crippen LogP contribution in [0.25, 0.3) is 0 Å². The van der Waals surface area contributed by atoms with Crippen molar-refractivity contribution < 1.29 is 17.9 Å². The van der Waals surface area contributed by atoms with Crippen molar-refractivity contribution in [3.8, 4) is 5.75 Å². The van der Waals surface area contributed by atoms with Crippen LogP contribution in [0, 0.1) is 17.5 Å². The molecule has 0 unspecified atom stereocenters. The third-order valence-corrected chi connectivity index (χ3v) is 2.45. The molecule has 2 rings (SSSR count). The van der Waals surface area contributed by atoms with Gasteiger partial charge in [0, 0.05) is 12.2 Å². The summed E-state index contributed by atoms with van der Waals surface area (Å²) in [4.78, 5) is 0. The molecule has 0 aliphatic rings. The lowest BCUT2D eigenvalue weighted by Gasteiger charge is -2.09. The fourth-order valence-corrected chi connectivity index (χ4v) is 1.52. The molecule has 0 radical (unpaired) electrons. The number of anilines is 1. The molecule has 0 saturated heterocycles. The Labute approximate surface area is 108 Å². The van der Waals surface area contributed by atoms with Gasteiger partial charge in [0.2, 0.25) is 5.82 Å². The lowest BCUT2D eigenvalue weighted by Crippen LogP contribution is -2.12. The molecule has 100 valence electrons. The van der Waals surface area contributed by atoms with Gasteiger partial charge in [0.1, 0.15) is 12.4 Å². The number of benzene rings is 2. The van der Waals surface area contributed by atoms with E-state index in [1.54, 1.807) is 12.1 Å². The van der Waals surface area contributed by atoms with Crippen LogP contribution in [0.4, 0.5) is 18.9 Å². The Hall–Kier alpha value is -2.17. The maximum Gasteiger partial charge on any atom is 0.200 e. The zero-order valence-electron chi connectivity index (χ0n) is 10.00. The average Bonchev–Trinajstić information content (AvgIpc) is 2.41. The van der Waals surface area contributed by atoms with Gasteiger partial charge in [-0.15, -0.1) is 0 Å². The molecule has 0 heterocycles. The Morgan fingerprint density at radius 2 is 1.68 bits per heavy atom. The van der Waals surface area contributed by atoms with E-state index in [2.05, 4.69) is 5.32 Å². The van der Waals surface area contributed by atoms with Crippen LogP contribution < -0.4 is 10.1 Å².